The Hall–Kier alpha value is -2.15. The van der Waals surface area contributed by atoms with Crippen molar-refractivity contribution in [1.82, 2.24) is 19.3 Å². The summed E-state index contributed by atoms with van der Waals surface area (Å²) in [6, 6.07) is 1.59. The first-order valence-corrected chi connectivity index (χ1v) is 6.58. The standard InChI is InChI=1S/C13H20N6O/c1-11-15-4-6-18(11)7-8-19-13(20)9-12(10-16-19)17(2)5-3-14/h4,6,9-10H,3,5,7-8,14H2,1-2H3. The van der Waals surface area contributed by atoms with Gasteiger partial charge in [0.25, 0.3) is 5.56 Å². The average molecular weight is 276 g/mol. The van der Waals surface area contributed by atoms with Crippen molar-refractivity contribution >= 4 is 5.69 Å². The molecular weight excluding hydrogens is 256 g/mol. The molecule has 2 heterocycles. The van der Waals surface area contributed by atoms with Gasteiger partial charge >= 0.3 is 0 Å². The normalized spacial score (nSPS) is 10.8. The maximum Gasteiger partial charge on any atom is 0.268 e. The molecular formula is C13H20N6O. The Bertz CT molecular complexity index is 617. The molecule has 0 aliphatic carbocycles. The second-order valence-corrected chi connectivity index (χ2v) is 4.65. The van der Waals surface area contributed by atoms with Gasteiger partial charge in [-0.15, -0.1) is 0 Å². The molecule has 0 saturated heterocycles. The van der Waals surface area contributed by atoms with Crippen molar-refractivity contribution in [2.45, 2.75) is 20.0 Å². The third-order valence-corrected chi connectivity index (χ3v) is 3.24. The fourth-order valence-corrected chi connectivity index (χ4v) is 1.97. The molecule has 2 aromatic heterocycles. The van der Waals surface area contributed by atoms with E-state index in [1.807, 2.05) is 29.6 Å². The van der Waals surface area contributed by atoms with Crippen molar-refractivity contribution < 1.29 is 0 Å². The molecule has 7 heteroatoms. The number of rotatable bonds is 6. The number of imidazole rings is 1. The van der Waals surface area contributed by atoms with E-state index < -0.39 is 0 Å². The largest absolute Gasteiger partial charge is 0.372 e. The third kappa shape index (κ3) is 3.24. The van der Waals surface area contributed by atoms with E-state index in [0.717, 1.165) is 11.5 Å². The van der Waals surface area contributed by atoms with Crippen LogP contribution in [0.4, 0.5) is 5.69 Å². The van der Waals surface area contributed by atoms with Crippen LogP contribution >= 0.6 is 0 Å². The summed E-state index contributed by atoms with van der Waals surface area (Å²) in [5.41, 5.74) is 6.18. The van der Waals surface area contributed by atoms with Crippen LogP contribution < -0.4 is 16.2 Å². The summed E-state index contributed by atoms with van der Waals surface area (Å²) in [6.07, 6.45) is 5.33. The number of hydrogen-bond acceptors (Lipinski definition) is 5. The Kier molecular flexibility index (Phi) is 4.52. The molecule has 0 saturated carbocycles. The van der Waals surface area contributed by atoms with Gasteiger partial charge in [-0.25, -0.2) is 9.67 Å². The van der Waals surface area contributed by atoms with Crippen molar-refractivity contribution in [1.29, 1.82) is 0 Å². The molecule has 0 spiro atoms. The van der Waals surface area contributed by atoms with Crippen LogP contribution in [0.25, 0.3) is 0 Å². The van der Waals surface area contributed by atoms with Crippen LogP contribution in [-0.4, -0.2) is 39.5 Å². The van der Waals surface area contributed by atoms with Crippen LogP contribution in [0.3, 0.4) is 0 Å². The van der Waals surface area contributed by atoms with E-state index in [1.165, 1.54) is 4.68 Å². The predicted molar refractivity (Wildman–Crippen MR) is 77.8 cm³/mol. The minimum absolute atomic E-state index is 0.107. The van der Waals surface area contributed by atoms with Gasteiger partial charge in [-0.05, 0) is 6.92 Å². The molecule has 20 heavy (non-hydrogen) atoms. The molecule has 2 aromatic rings. The first-order chi connectivity index (χ1) is 9.61. The highest BCUT2D eigenvalue weighted by Crippen LogP contribution is 2.05. The van der Waals surface area contributed by atoms with E-state index >= 15 is 0 Å². The van der Waals surface area contributed by atoms with Crippen LogP contribution in [-0.2, 0) is 13.1 Å². The van der Waals surface area contributed by atoms with Gasteiger partial charge in [0.2, 0.25) is 0 Å². The van der Waals surface area contributed by atoms with Crippen molar-refractivity contribution in [2.24, 2.45) is 5.73 Å². The van der Waals surface area contributed by atoms with E-state index in [-0.39, 0.29) is 5.56 Å². The van der Waals surface area contributed by atoms with Crippen LogP contribution in [0, 0.1) is 6.92 Å². The van der Waals surface area contributed by atoms with Gasteiger partial charge < -0.3 is 15.2 Å². The minimum atomic E-state index is -0.107. The van der Waals surface area contributed by atoms with Gasteiger partial charge in [-0.3, -0.25) is 4.79 Å². The molecule has 0 unspecified atom stereocenters. The molecule has 0 fully saturated rings. The maximum absolute atomic E-state index is 12.0. The lowest BCUT2D eigenvalue weighted by Gasteiger charge is -2.17. The molecule has 0 atom stereocenters. The summed E-state index contributed by atoms with van der Waals surface area (Å²) in [5, 5.41) is 4.20. The summed E-state index contributed by atoms with van der Waals surface area (Å²) in [5.74, 6) is 0.928. The van der Waals surface area contributed by atoms with Crippen LogP contribution in [0.5, 0.6) is 0 Å². The summed E-state index contributed by atoms with van der Waals surface area (Å²) in [4.78, 5) is 18.1. The number of aromatic nitrogens is 4. The second-order valence-electron chi connectivity index (χ2n) is 4.65. The zero-order chi connectivity index (χ0) is 14.5. The number of nitrogens with zero attached hydrogens (tertiary/aromatic N) is 5. The van der Waals surface area contributed by atoms with E-state index in [1.54, 1.807) is 18.5 Å². The molecule has 0 radical (unpaired) electrons. The van der Waals surface area contributed by atoms with Crippen LogP contribution in [0.1, 0.15) is 5.82 Å². The van der Waals surface area contributed by atoms with Gasteiger partial charge in [-0.1, -0.05) is 0 Å². The lowest BCUT2D eigenvalue weighted by molar-refractivity contribution is 0.504. The Morgan fingerprint density at radius 1 is 1.40 bits per heavy atom. The number of anilines is 1. The van der Waals surface area contributed by atoms with E-state index in [2.05, 4.69) is 10.1 Å². The number of nitrogens with two attached hydrogens (primary N) is 1. The van der Waals surface area contributed by atoms with Gasteiger partial charge in [-0.2, -0.15) is 5.10 Å². The number of hydrogen-bond donors (Lipinski definition) is 1. The van der Waals surface area contributed by atoms with Crippen molar-refractivity contribution in [3.05, 3.63) is 40.8 Å². The lowest BCUT2D eigenvalue weighted by atomic mass is 10.4. The minimum Gasteiger partial charge on any atom is -0.372 e. The molecule has 0 aliphatic heterocycles. The van der Waals surface area contributed by atoms with Gasteiger partial charge in [0.05, 0.1) is 18.4 Å². The Morgan fingerprint density at radius 3 is 2.80 bits per heavy atom. The molecule has 2 rings (SSSR count). The molecule has 2 N–H and O–H groups in total. The summed E-state index contributed by atoms with van der Waals surface area (Å²) in [7, 11) is 1.89. The van der Waals surface area contributed by atoms with Crippen molar-refractivity contribution in [3.63, 3.8) is 0 Å². The highest BCUT2D eigenvalue weighted by molar-refractivity contribution is 5.41. The third-order valence-electron chi connectivity index (χ3n) is 3.24. The Morgan fingerprint density at radius 2 is 2.20 bits per heavy atom. The van der Waals surface area contributed by atoms with Crippen molar-refractivity contribution in [2.75, 3.05) is 25.0 Å². The fourth-order valence-electron chi connectivity index (χ4n) is 1.97. The smallest absolute Gasteiger partial charge is 0.268 e. The summed E-state index contributed by atoms with van der Waals surface area (Å²) >= 11 is 0. The Labute approximate surface area is 117 Å². The fraction of sp³-hybridized carbons (Fsp3) is 0.462. The topological polar surface area (TPSA) is 82.0 Å². The van der Waals surface area contributed by atoms with Gasteiger partial charge in [0.15, 0.2) is 0 Å². The predicted octanol–water partition coefficient (Wildman–Crippen LogP) is -0.157. The molecule has 0 bridgehead atoms. The van der Waals surface area contributed by atoms with E-state index in [9.17, 15) is 4.79 Å². The van der Waals surface area contributed by atoms with E-state index in [0.29, 0.717) is 26.2 Å². The maximum atomic E-state index is 12.0. The lowest BCUT2D eigenvalue weighted by Crippen LogP contribution is -2.29. The monoisotopic (exact) mass is 276 g/mol. The summed E-state index contributed by atoms with van der Waals surface area (Å²) in [6.45, 7) is 4.37. The molecule has 7 nitrogen and oxygen atoms in total. The molecule has 0 amide bonds. The quantitative estimate of drug-likeness (QED) is 0.793. The highest BCUT2D eigenvalue weighted by atomic mass is 16.1. The van der Waals surface area contributed by atoms with E-state index in [4.69, 9.17) is 5.73 Å². The first-order valence-electron chi connectivity index (χ1n) is 6.58. The zero-order valence-electron chi connectivity index (χ0n) is 11.9. The number of likely N-dealkylation sites (N-methyl/N-ethyl adjacent to an activating group) is 1. The van der Waals surface area contributed by atoms with Gasteiger partial charge in [0.1, 0.15) is 5.82 Å². The second kappa shape index (κ2) is 6.33. The highest BCUT2D eigenvalue weighted by Gasteiger charge is 2.05. The van der Waals surface area contributed by atoms with Gasteiger partial charge in [0, 0.05) is 45.1 Å². The van der Waals surface area contributed by atoms with Crippen molar-refractivity contribution in [3.8, 4) is 0 Å². The molecule has 0 aliphatic rings. The SMILES string of the molecule is Cc1nccn1CCn1ncc(N(C)CCN)cc1=O. The van der Waals surface area contributed by atoms with Crippen LogP contribution in [0.15, 0.2) is 29.5 Å². The zero-order valence-corrected chi connectivity index (χ0v) is 11.9. The van der Waals surface area contributed by atoms with Crippen LogP contribution in [0.2, 0.25) is 0 Å². The molecule has 108 valence electrons. The number of aryl methyl sites for hydroxylation is 3. The Balaban J connectivity index is 2.06. The average Bonchev–Trinajstić information content (AvgIpc) is 2.83. The summed E-state index contributed by atoms with van der Waals surface area (Å²) < 4.78 is 3.45. The first kappa shape index (κ1) is 14.3. The molecule has 0 aromatic carbocycles.